The Kier molecular flexibility index (Phi) is 7.71. The van der Waals surface area contributed by atoms with Gasteiger partial charge in [0, 0.05) is 37.1 Å². The minimum atomic E-state index is -0.259. The molecule has 172 valence electrons. The molecule has 2 atom stereocenters. The maximum absolute atomic E-state index is 12.9. The van der Waals surface area contributed by atoms with E-state index in [1.54, 1.807) is 23.1 Å². The molecule has 2 aromatic rings. The molecule has 1 N–H and O–H groups in total. The van der Waals surface area contributed by atoms with Crippen LogP contribution in [0.1, 0.15) is 48.7 Å². The summed E-state index contributed by atoms with van der Waals surface area (Å²) in [6.45, 7) is 6.33. The molecular formula is C23H28Cl2N4O2S. The number of carbonyl (C=O) groups is 2. The van der Waals surface area contributed by atoms with Gasteiger partial charge in [-0.05, 0) is 56.3 Å². The Bertz CT molecular complexity index is 983. The van der Waals surface area contributed by atoms with Gasteiger partial charge in [0.25, 0.3) is 5.91 Å². The molecule has 1 aromatic carbocycles. The molecule has 0 aliphatic carbocycles. The average molecular weight is 495 g/mol. The van der Waals surface area contributed by atoms with Gasteiger partial charge in [-0.25, -0.2) is 4.98 Å². The summed E-state index contributed by atoms with van der Waals surface area (Å²) < 4.78 is 0. The summed E-state index contributed by atoms with van der Waals surface area (Å²) in [6, 6.07) is 4.87. The summed E-state index contributed by atoms with van der Waals surface area (Å²) in [5.74, 6) is 0.255. The molecule has 3 heterocycles. The fraction of sp³-hybridized carbons (Fsp3) is 0.522. The number of hydrogen-bond acceptors (Lipinski definition) is 5. The van der Waals surface area contributed by atoms with E-state index in [2.05, 4.69) is 22.1 Å². The van der Waals surface area contributed by atoms with Crippen LogP contribution in [0.3, 0.4) is 0 Å². The Morgan fingerprint density at radius 3 is 2.75 bits per heavy atom. The van der Waals surface area contributed by atoms with Gasteiger partial charge in [-0.2, -0.15) is 0 Å². The van der Waals surface area contributed by atoms with Crippen molar-refractivity contribution < 1.29 is 9.59 Å². The molecular weight excluding hydrogens is 467 g/mol. The van der Waals surface area contributed by atoms with Crippen molar-refractivity contribution in [1.82, 2.24) is 14.8 Å². The van der Waals surface area contributed by atoms with Crippen molar-refractivity contribution in [2.24, 2.45) is 11.8 Å². The lowest BCUT2D eigenvalue weighted by Crippen LogP contribution is -2.43. The largest absolute Gasteiger partial charge is 0.338 e. The lowest BCUT2D eigenvalue weighted by Gasteiger charge is -2.32. The van der Waals surface area contributed by atoms with Crippen LogP contribution in [0.4, 0.5) is 5.13 Å². The number of likely N-dealkylation sites (tertiary alicyclic amines) is 2. The van der Waals surface area contributed by atoms with Crippen LogP contribution in [0.15, 0.2) is 23.6 Å². The fourth-order valence-electron chi connectivity index (χ4n) is 4.49. The topological polar surface area (TPSA) is 65.5 Å². The average Bonchev–Trinajstić information content (AvgIpc) is 3.21. The van der Waals surface area contributed by atoms with Crippen molar-refractivity contribution in [3.63, 3.8) is 0 Å². The quantitative estimate of drug-likeness (QED) is 0.622. The van der Waals surface area contributed by atoms with Crippen LogP contribution in [-0.4, -0.2) is 52.8 Å². The molecule has 2 aliphatic heterocycles. The number of piperidine rings is 2. The number of anilines is 1. The van der Waals surface area contributed by atoms with Crippen LogP contribution >= 0.6 is 34.5 Å². The molecule has 0 saturated carbocycles. The number of thiazole rings is 1. The highest BCUT2D eigenvalue weighted by Gasteiger charge is 2.29. The van der Waals surface area contributed by atoms with E-state index in [4.69, 9.17) is 23.2 Å². The lowest BCUT2D eigenvalue weighted by molar-refractivity contribution is -0.121. The Balaban J connectivity index is 1.33. The molecule has 32 heavy (non-hydrogen) atoms. The van der Waals surface area contributed by atoms with E-state index in [1.165, 1.54) is 24.2 Å². The van der Waals surface area contributed by atoms with Crippen molar-refractivity contribution in [3.8, 4) is 0 Å². The minimum absolute atomic E-state index is 0.0795. The van der Waals surface area contributed by atoms with E-state index in [0.29, 0.717) is 33.8 Å². The summed E-state index contributed by atoms with van der Waals surface area (Å²) in [5.41, 5.74) is 1.48. The molecule has 1 aromatic heterocycles. The molecule has 2 saturated heterocycles. The number of nitrogens with one attached hydrogen (secondary N) is 1. The first-order chi connectivity index (χ1) is 15.4. The van der Waals surface area contributed by atoms with Crippen molar-refractivity contribution in [1.29, 1.82) is 0 Å². The smallest absolute Gasteiger partial charge is 0.253 e. The number of nitrogens with zero attached hydrogens (tertiary/aromatic N) is 3. The van der Waals surface area contributed by atoms with E-state index >= 15 is 0 Å². The number of halogens is 2. The summed E-state index contributed by atoms with van der Waals surface area (Å²) in [5, 5.41) is 6.38. The van der Waals surface area contributed by atoms with Crippen LogP contribution in [0.5, 0.6) is 0 Å². The van der Waals surface area contributed by atoms with E-state index in [-0.39, 0.29) is 17.7 Å². The molecule has 0 spiro atoms. The first-order valence-corrected chi connectivity index (χ1v) is 12.7. The van der Waals surface area contributed by atoms with Gasteiger partial charge in [-0.3, -0.25) is 14.5 Å². The maximum Gasteiger partial charge on any atom is 0.253 e. The van der Waals surface area contributed by atoms with Crippen molar-refractivity contribution in [2.75, 3.05) is 31.5 Å². The first-order valence-electron chi connectivity index (χ1n) is 11.1. The van der Waals surface area contributed by atoms with Gasteiger partial charge in [0.05, 0.1) is 21.7 Å². The maximum atomic E-state index is 12.9. The molecule has 0 radical (unpaired) electrons. The second-order valence-corrected chi connectivity index (χ2v) is 10.5. The molecule has 9 heteroatoms. The summed E-state index contributed by atoms with van der Waals surface area (Å²) in [4.78, 5) is 34.5. The standard InChI is InChI=1S/C23H28Cl2N4O2S/c1-15-4-2-8-28(11-15)13-18-14-32-23(26-18)27-21(30)17-5-3-9-29(12-17)22(31)16-6-7-19(24)20(25)10-16/h6-7,10,14-15,17H,2-5,8-9,11-13H2,1H3,(H,26,27,30). The van der Waals surface area contributed by atoms with Crippen LogP contribution in [0.25, 0.3) is 0 Å². The van der Waals surface area contributed by atoms with Gasteiger partial charge < -0.3 is 10.2 Å². The molecule has 6 nitrogen and oxygen atoms in total. The second-order valence-electron chi connectivity index (χ2n) is 8.83. The van der Waals surface area contributed by atoms with Crippen molar-refractivity contribution in [3.05, 3.63) is 44.9 Å². The number of hydrogen-bond donors (Lipinski definition) is 1. The summed E-state index contributed by atoms with van der Waals surface area (Å²) >= 11 is 13.5. The Labute approximate surface area is 202 Å². The summed E-state index contributed by atoms with van der Waals surface area (Å²) in [6.07, 6.45) is 4.05. The Hall–Kier alpha value is -1.67. The normalized spacial score (nSPS) is 22.0. The van der Waals surface area contributed by atoms with Gasteiger partial charge in [0.15, 0.2) is 5.13 Å². The number of aromatic nitrogens is 1. The summed E-state index contributed by atoms with van der Waals surface area (Å²) in [7, 11) is 0. The first kappa shape index (κ1) is 23.5. The highest BCUT2D eigenvalue weighted by Crippen LogP contribution is 2.26. The third-order valence-corrected chi connectivity index (χ3v) is 7.70. The Morgan fingerprint density at radius 1 is 1.16 bits per heavy atom. The molecule has 2 aliphatic rings. The van der Waals surface area contributed by atoms with Gasteiger partial charge >= 0.3 is 0 Å². The zero-order valence-corrected chi connectivity index (χ0v) is 20.5. The zero-order valence-electron chi connectivity index (χ0n) is 18.2. The minimum Gasteiger partial charge on any atom is -0.338 e. The van der Waals surface area contributed by atoms with Crippen molar-refractivity contribution >= 4 is 51.5 Å². The zero-order chi connectivity index (χ0) is 22.7. The number of rotatable bonds is 5. The monoisotopic (exact) mass is 494 g/mol. The fourth-order valence-corrected chi connectivity index (χ4v) is 5.49. The highest BCUT2D eigenvalue weighted by atomic mass is 35.5. The third kappa shape index (κ3) is 5.81. The Morgan fingerprint density at radius 2 is 1.97 bits per heavy atom. The van der Waals surface area contributed by atoms with Gasteiger partial charge in [0.2, 0.25) is 5.91 Å². The molecule has 0 bridgehead atoms. The highest BCUT2D eigenvalue weighted by molar-refractivity contribution is 7.13. The van der Waals surface area contributed by atoms with Crippen LogP contribution in [0.2, 0.25) is 10.0 Å². The molecule has 2 amide bonds. The molecule has 2 unspecified atom stereocenters. The van der Waals surface area contributed by atoms with E-state index < -0.39 is 0 Å². The van der Waals surface area contributed by atoms with E-state index in [0.717, 1.165) is 44.1 Å². The predicted molar refractivity (Wildman–Crippen MR) is 130 cm³/mol. The van der Waals surface area contributed by atoms with Crippen LogP contribution < -0.4 is 5.32 Å². The number of amides is 2. The third-order valence-electron chi connectivity index (χ3n) is 6.15. The van der Waals surface area contributed by atoms with Gasteiger partial charge in [0.1, 0.15) is 0 Å². The predicted octanol–water partition coefficient (Wildman–Crippen LogP) is 5.17. The lowest BCUT2D eigenvalue weighted by atomic mass is 9.96. The molecule has 2 fully saturated rings. The van der Waals surface area contributed by atoms with Gasteiger partial charge in [-0.15, -0.1) is 11.3 Å². The van der Waals surface area contributed by atoms with Crippen LogP contribution in [0, 0.1) is 11.8 Å². The van der Waals surface area contributed by atoms with Crippen LogP contribution in [-0.2, 0) is 11.3 Å². The van der Waals surface area contributed by atoms with E-state index in [9.17, 15) is 9.59 Å². The molecule has 4 rings (SSSR count). The van der Waals surface area contributed by atoms with E-state index in [1.807, 2.05) is 5.38 Å². The second kappa shape index (κ2) is 10.5. The van der Waals surface area contributed by atoms with Crippen molar-refractivity contribution in [2.45, 2.75) is 39.2 Å². The number of carbonyl (C=O) groups excluding carboxylic acids is 2. The SMILES string of the molecule is CC1CCCN(Cc2csc(NC(=O)C3CCCN(C(=O)c4ccc(Cl)c(Cl)c4)C3)n2)C1. The van der Waals surface area contributed by atoms with Gasteiger partial charge in [-0.1, -0.05) is 30.1 Å². The number of benzene rings is 1.